The molecule has 0 fully saturated rings. The summed E-state index contributed by atoms with van der Waals surface area (Å²) in [7, 11) is 0. The summed E-state index contributed by atoms with van der Waals surface area (Å²) >= 11 is 5.93. The first-order valence-electron chi connectivity index (χ1n) is 8.19. The van der Waals surface area contributed by atoms with E-state index in [0.717, 1.165) is 28.3 Å². The number of hydrogen-bond donors (Lipinski definition) is 1. The molecule has 25 heavy (non-hydrogen) atoms. The Balaban J connectivity index is 1.65. The maximum atomic E-state index is 6.19. The van der Waals surface area contributed by atoms with Gasteiger partial charge in [-0.05, 0) is 42.0 Å². The summed E-state index contributed by atoms with van der Waals surface area (Å²) in [5.74, 6) is 0.860. The molecular formula is C21H17ClN2O. The van der Waals surface area contributed by atoms with Gasteiger partial charge in [0.1, 0.15) is 11.9 Å². The van der Waals surface area contributed by atoms with Crippen molar-refractivity contribution in [2.75, 3.05) is 5.43 Å². The van der Waals surface area contributed by atoms with Crippen LogP contribution in [0.1, 0.15) is 23.7 Å². The number of halogens is 1. The predicted molar refractivity (Wildman–Crippen MR) is 102 cm³/mol. The third-order valence-corrected chi connectivity index (χ3v) is 4.43. The van der Waals surface area contributed by atoms with Crippen LogP contribution in [0, 0.1) is 0 Å². The molecule has 1 aliphatic rings. The van der Waals surface area contributed by atoms with E-state index >= 15 is 0 Å². The summed E-state index contributed by atoms with van der Waals surface area (Å²) in [4.78, 5) is 0. The Labute approximate surface area is 151 Å². The van der Waals surface area contributed by atoms with Crippen molar-refractivity contribution in [3.8, 4) is 5.75 Å². The molecular weight excluding hydrogens is 332 g/mol. The molecule has 0 aliphatic carbocycles. The van der Waals surface area contributed by atoms with E-state index in [9.17, 15) is 0 Å². The van der Waals surface area contributed by atoms with Gasteiger partial charge in [0.15, 0.2) is 0 Å². The van der Waals surface area contributed by atoms with Crippen LogP contribution >= 0.6 is 11.6 Å². The van der Waals surface area contributed by atoms with E-state index in [0.29, 0.717) is 11.4 Å². The van der Waals surface area contributed by atoms with Crippen LogP contribution in [0.4, 0.5) is 5.69 Å². The Morgan fingerprint density at radius 2 is 1.60 bits per heavy atom. The molecule has 4 heteroatoms. The molecule has 1 N–H and O–H groups in total. The minimum atomic E-state index is -0.0399. The first-order chi connectivity index (χ1) is 12.3. The largest absolute Gasteiger partial charge is 0.485 e. The lowest BCUT2D eigenvalue weighted by Gasteiger charge is -2.27. The summed E-state index contributed by atoms with van der Waals surface area (Å²) in [6, 6.07) is 25.8. The average Bonchev–Trinajstić information content (AvgIpc) is 2.68. The molecule has 0 saturated heterocycles. The first kappa shape index (κ1) is 15.7. The number of nitrogens with zero attached hydrogens (tertiary/aromatic N) is 1. The smallest absolute Gasteiger partial charge is 0.129 e. The lowest BCUT2D eigenvalue weighted by molar-refractivity contribution is 0.206. The normalized spacial score (nSPS) is 17.6. The number of benzene rings is 3. The zero-order chi connectivity index (χ0) is 17.1. The summed E-state index contributed by atoms with van der Waals surface area (Å²) in [5.41, 5.74) is 7.18. The molecule has 3 aromatic carbocycles. The number of para-hydroxylation sites is 1. The molecule has 0 bridgehead atoms. The minimum absolute atomic E-state index is 0.0399. The third kappa shape index (κ3) is 3.52. The van der Waals surface area contributed by atoms with Crippen LogP contribution in [-0.4, -0.2) is 5.71 Å². The van der Waals surface area contributed by atoms with Crippen LogP contribution in [0.3, 0.4) is 0 Å². The molecule has 0 saturated carbocycles. The second kappa shape index (κ2) is 6.99. The van der Waals surface area contributed by atoms with E-state index in [-0.39, 0.29) is 6.10 Å². The molecule has 0 amide bonds. The molecule has 1 atom stereocenters. The maximum Gasteiger partial charge on any atom is 0.129 e. The average molecular weight is 349 g/mol. The monoisotopic (exact) mass is 348 g/mol. The zero-order valence-electron chi connectivity index (χ0n) is 13.5. The van der Waals surface area contributed by atoms with Gasteiger partial charge < -0.3 is 4.74 Å². The topological polar surface area (TPSA) is 33.6 Å². The fourth-order valence-corrected chi connectivity index (χ4v) is 3.03. The van der Waals surface area contributed by atoms with Crippen LogP contribution in [0.2, 0.25) is 5.02 Å². The standard InChI is InChI=1S/C21H17ClN2O/c22-16-10-12-17(13-11-16)23-24-19-14-21(15-6-2-1-3-7-15)25-20-9-5-4-8-18(19)20/h1-13,21,23H,14H2/b24-19+. The third-order valence-electron chi connectivity index (χ3n) is 4.18. The fourth-order valence-electron chi connectivity index (χ4n) is 2.90. The van der Waals surface area contributed by atoms with Crippen molar-refractivity contribution in [1.29, 1.82) is 0 Å². The Bertz CT molecular complexity index is 891. The van der Waals surface area contributed by atoms with Gasteiger partial charge in [0, 0.05) is 17.0 Å². The lowest BCUT2D eigenvalue weighted by atomic mass is 9.96. The Morgan fingerprint density at radius 3 is 2.40 bits per heavy atom. The molecule has 0 radical (unpaired) electrons. The number of anilines is 1. The summed E-state index contributed by atoms with van der Waals surface area (Å²) in [6.45, 7) is 0. The van der Waals surface area contributed by atoms with E-state index in [1.165, 1.54) is 0 Å². The Morgan fingerprint density at radius 1 is 0.880 bits per heavy atom. The maximum absolute atomic E-state index is 6.19. The Hall–Kier alpha value is -2.78. The van der Waals surface area contributed by atoms with Gasteiger partial charge in [-0.1, -0.05) is 54.1 Å². The van der Waals surface area contributed by atoms with Crippen molar-refractivity contribution in [2.24, 2.45) is 5.10 Å². The van der Waals surface area contributed by atoms with Gasteiger partial charge in [-0.3, -0.25) is 5.43 Å². The first-order valence-corrected chi connectivity index (χ1v) is 8.56. The van der Waals surface area contributed by atoms with E-state index in [1.54, 1.807) is 0 Å². The van der Waals surface area contributed by atoms with Crippen LogP contribution in [-0.2, 0) is 0 Å². The van der Waals surface area contributed by atoms with Gasteiger partial charge in [0.05, 0.1) is 11.4 Å². The fraction of sp³-hybridized carbons (Fsp3) is 0.0952. The quantitative estimate of drug-likeness (QED) is 0.618. The number of fused-ring (bicyclic) bond motifs is 1. The van der Waals surface area contributed by atoms with Crippen LogP contribution in [0.15, 0.2) is 84.0 Å². The highest BCUT2D eigenvalue weighted by atomic mass is 35.5. The molecule has 0 aromatic heterocycles. The summed E-state index contributed by atoms with van der Waals surface area (Å²) in [6.07, 6.45) is 0.670. The zero-order valence-corrected chi connectivity index (χ0v) is 14.3. The number of hydrazone groups is 1. The summed E-state index contributed by atoms with van der Waals surface area (Å²) < 4.78 is 6.19. The van der Waals surface area contributed by atoms with Crippen molar-refractivity contribution in [3.05, 3.63) is 95.0 Å². The van der Waals surface area contributed by atoms with Crippen molar-refractivity contribution < 1.29 is 4.74 Å². The van der Waals surface area contributed by atoms with Crippen molar-refractivity contribution in [1.82, 2.24) is 0 Å². The molecule has 3 nitrogen and oxygen atoms in total. The van der Waals surface area contributed by atoms with E-state index in [1.807, 2.05) is 66.7 Å². The molecule has 3 aromatic rings. The van der Waals surface area contributed by atoms with Gasteiger partial charge in [-0.15, -0.1) is 0 Å². The number of rotatable bonds is 3. The van der Waals surface area contributed by atoms with Crippen molar-refractivity contribution in [3.63, 3.8) is 0 Å². The van der Waals surface area contributed by atoms with Crippen molar-refractivity contribution >= 4 is 23.0 Å². The molecule has 1 heterocycles. The van der Waals surface area contributed by atoms with E-state index < -0.39 is 0 Å². The predicted octanol–water partition coefficient (Wildman–Crippen LogP) is 5.68. The molecule has 1 unspecified atom stereocenters. The molecule has 124 valence electrons. The summed E-state index contributed by atoms with van der Waals surface area (Å²) in [5, 5.41) is 5.35. The minimum Gasteiger partial charge on any atom is -0.485 e. The van der Waals surface area contributed by atoms with Crippen LogP contribution in [0.5, 0.6) is 5.75 Å². The van der Waals surface area contributed by atoms with E-state index in [4.69, 9.17) is 16.3 Å². The number of ether oxygens (including phenoxy) is 1. The second-order valence-electron chi connectivity index (χ2n) is 5.89. The molecule has 0 spiro atoms. The van der Waals surface area contributed by atoms with Crippen molar-refractivity contribution in [2.45, 2.75) is 12.5 Å². The van der Waals surface area contributed by atoms with Gasteiger partial charge in [0.2, 0.25) is 0 Å². The molecule has 4 rings (SSSR count). The number of hydrogen-bond acceptors (Lipinski definition) is 3. The molecule has 1 aliphatic heterocycles. The van der Waals surface area contributed by atoms with Crippen LogP contribution < -0.4 is 10.2 Å². The van der Waals surface area contributed by atoms with Gasteiger partial charge in [0.25, 0.3) is 0 Å². The number of nitrogens with one attached hydrogen (secondary N) is 1. The second-order valence-corrected chi connectivity index (χ2v) is 6.33. The van der Waals surface area contributed by atoms with E-state index in [2.05, 4.69) is 22.7 Å². The van der Waals surface area contributed by atoms with Gasteiger partial charge >= 0.3 is 0 Å². The highest BCUT2D eigenvalue weighted by molar-refractivity contribution is 6.30. The highest BCUT2D eigenvalue weighted by Gasteiger charge is 2.25. The van der Waals surface area contributed by atoms with Gasteiger partial charge in [-0.2, -0.15) is 5.10 Å². The van der Waals surface area contributed by atoms with Crippen LogP contribution in [0.25, 0.3) is 0 Å². The Kier molecular flexibility index (Phi) is 4.40. The lowest BCUT2D eigenvalue weighted by Crippen LogP contribution is -2.21. The van der Waals surface area contributed by atoms with Gasteiger partial charge in [-0.25, -0.2) is 0 Å². The SMILES string of the molecule is Clc1ccc(N/N=C2\CC(c3ccccc3)Oc3ccccc32)cc1. The highest BCUT2D eigenvalue weighted by Crippen LogP contribution is 2.35.